The summed E-state index contributed by atoms with van der Waals surface area (Å²) in [6.45, 7) is 5.48. The van der Waals surface area contributed by atoms with E-state index in [4.69, 9.17) is 0 Å². The highest BCUT2D eigenvalue weighted by atomic mass is 79.9. The predicted octanol–water partition coefficient (Wildman–Crippen LogP) is 4.08. The van der Waals surface area contributed by atoms with Crippen LogP contribution >= 0.6 is 15.9 Å². The first-order valence-corrected chi connectivity index (χ1v) is 6.94. The molecule has 2 aromatic carbocycles. The van der Waals surface area contributed by atoms with Crippen LogP contribution in [0, 0.1) is 0 Å². The summed E-state index contributed by atoms with van der Waals surface area (Å²) in [5.74, 6) is 0.0990. The minimum Gasteiger partial charge on any atom is -0.339 e. The van der Waals surface area contributed by atoms with Gasteiger partial charge in [-0.15, -0.1) is 0 Å². The van der Waals surface area contributed by atoms with Gasteiger partial charge in [-0.2, -0.15) is 0 Å². The fourth-order valence-electron chi connectivity index (χ4n) is 2.07. The van der Waals surface area contributed by atoms with Crippen LogP contribution in [0.2, 0.25) is 0 Å². The van der Waals surface area contributed by atoms with Gasteiger partial charge in [0, 0.05) is 23.1 Å². The van der Waals surface area contributed by atoms with Gasteiger partial charge >= 0.3 is 0 Å². The normalized spacial score (nSPS) is 10.6. The summed E-state index contributed by atoms with van der Waals surface area (Å²) < 4.78 is 1.06. The SMILES string of the molecule is CCN(CC)C(=O)c1ccc2c(Br)cccc2c1. The molecule has 94 valence electrons. The molecule has 1 amide bonds. The minimum absolute atomic E-state index is 0.0990. The first-order chi connectivity index (χ1) is 8.67. The molecule has 2 aromatic rings. The van der Waals surface area contributed by atoms with Crippen molar-refractivity contribution >= 4 is 32.6 Å². The predicted molar refractivity (Wildman–Crippen MR) is 78.9 cm³/mol. The Morgan fingerprint density at radius 1 is 1.17 bits per heavy atom. The quantitative estimate of drug-likeness (QED) is 0.836. The number of rotatable bonds is 3. The van der Waals surface area contributed by atoms with E-state index in [1.165, 1.54) is 0 Å². The molecular formula is C15H16BrNO. The number of carbonyl (C=O) groups excluding carboxylic acids is 1. The second-order valence-corrected chi connectivity index (χ2v) is 5.01. The number of nitrogens with zero attached hydrogens (tertiary/aromatic N) is 1. The van der Waals surface area contributed by atoms with E-state index >= 15 is 0 Å². The van der Waals surface area contributed by atoms with E-state index in [-0.39, 0.29) is 5.91 Å². The number of amides is 1. The number of hydrogen-bond donors (Lipinski definition) is 0. The molecule has 0 bridgehead atoms. The standard InChI is InChI=1S/C15H16BrNO/c1-3-17(4-2)15(18)12-8-9-13-11(10-12)6-5-7-14(13)16/h5-10H,3-4H2,1-2H3. The topological polar surface area (TPSA) is 20.3 Å². The average molecular weight is 306 g/mol. The fourth-order valence-corrected chi connectivity index (χ4v) is 2.58. The van der Waals surface area contributed by atoms with Crippen LogP contribution in [0.15, 0.2) is 40.9 Å². The van der Waals surface area contributed by atoms with Crippen molar-refractivity contribution in [2.45, 2.75) is 13.8 Å². The van der Waals surface area contributed by atoms with Crippen molar-refractivity contribution in [1.82, 2.24) is 4.90 Å². The smallest absolute Gasteiger partial charge is 0.253 e. The van der Waals surface area contributed by atoms with Gasteiger partial charge in [-0.1, -0.05) is 34.1 Å². The summed E-state index contributed by atoms with van der Waals surface area (Å²) in [4.78, 5) is 14.1. The van der Waals surface area contributed by atoms with E-state index in [1.807, 2.05) is 55.1 Å². The molecule has 0 saturated heterocycles. The fraction of sp³-hybridized carbons (Fsp3) is 0.267. The molecule has 0 aliphatic rings. The lowest BCUT2D eigenvalue weighted by atomic mass is 10.1. The monoisotopic (exact) mass is 305 g/mol. The van der Waals surface area contributed by atoms with Crippen LogP contribution in [-0.4, -0.2) is 23.9 Å². The highest BCUT2D eigenvalue weighted by Gasteiger charge is 2.12. The Balaban J connectivity index is 2.44. The van der Waals surface area contributed by atoms with E-state index in [0.717, 1.165) is 33.9 Å². The molecule has 0 spiro atoms. The van der Waals surface area contributed by atoms with Crippen molar-refractivity contribution in [3.05, 3.63) is 46.4 Å². The molecule has 3 heteroatoms. The van der Waals surface area contributed by atoms with E-state index in [0.29, 0.717) is 0 Å². The number of carbonyl (C=O) groups is 1. The third-order valence-corrected chi connectivity index (χ3v) is 3.82. The van der Waals surface area contributed by atoms with Crippen molar-refractivity contribution in [2.75, 3.05) is 13.1 Å². The Bertz CT molecular complexity index is 576. The largest absolute Gasteiger partial charge is 0.339 e. The molecule has 0 fully saturated rings. The van der Waals surface area contributed by atoms with Crippen LogP contribution in [0.5, 0.6) is 0 Å². The third kappa shape index (κ3) is 2.41. The second-order valence-electron chi connectivity index (χ2n) is 4.15. The van der Waals surface area contributed by atoms with Gasteiger partial charge in [-0.25, -0.2) is 0 Å². The first kappa shape index (κ1) is 13.1. The van der Waals surface area contributed by atoms with Crippen LogP contribution in [0.25, 0.3) is 10.8 Å². The Morgan fingerprint density at radius 2 is 1.89 bits per heavy atom. The van der Waals surface area contributed by atoms with Gasteiger partial charge in [0.05, 0.1) is 0 Å². The molecule has 0 aliphatic carbocycles. The molecule has 2 rings (SSSR count). The Kier molecular flexibility index (Phi) is 4.02. The Morgan fingerprint density at radius 3 is 2.56 bits per heavy atom. The Hall–Kier alpha value is -1.35. The summed E-state index contributed by atoms with van der Waals surface area (Å²) in [6, 6.07) is 11.9. The lowest BCUT2D eigenvalue weighted by Gasteiger charge is -2.18. The van der Waals surface area contributed by atoms with Crippen molar-refractivity contribution < 1.29 is 4.79 Å². The van der Waals surface area contributed by atoms with E-state index < -0.39 is 0 Å². The summed E-state index contributed by atoms with van der Waals surface area (Å²) in [5.41, 5.74) is 0.754. The molecular weight excluding hydrogens is 290 g/mol. The summed E-state index contributed by atoms with van der Waals surface area (Å²) in [6.07, 6.45) is 0. The highest BCUT2D eigenvalue weighted by molar-refractivity contribution is 9.10. The highest BCUT2D eigenvalue weighted by Crippen LogP contribution is 2.25. The molecule has 18 heavy (non-hydrogen) atoms. The van der Waals surface area contributed by atoms with Gasteiger partial charge in [-0.3, -0.25) is 4.79 Å². The maximum absolute atomic E-state index is 12.2. The number of fused-ring (bicyclic) bond motifs is 1. The van der Waals surface area contributed by atoms with Crippen LogP contribution < -0.4 is 0 Å². The maximum atomic E-state index is 12.2. The van der Waals surface area contributed by atoms with E-state index in [1.54, 1.807) is 0 Å². The van der Waals surface area contributed by atoms with Gasteiger partial charge in [0.15, 0.2) is 0 Å². The zero-order valence-electron chi connectivity index (χ0n) is 10.6. The first-order valence-electron chi connectivity index (χ1n) is 6.15. The Labute approximate surface area is 116 Å². The maximum Gasteiger partial charge on any atom is 0.253 e. The van der Waals surface area contributed by atoms with Gasteiger partial charge in [0.1, 0.15) is 0 Å². The van der Waals surface area contributed by atoms with Crippen LogP contribution in [0.3, 0.4) is 0 Å². The molecule has 0 aliphatic heterocycles. The molecule has 0 atom stereocenters. The zero-order chi connectivity index (χ0) is 13.1. The summed E-state index contributed by atoms with van der Waals surface area (Å²) in [5, 5.41) is 2.22. The van der Waals surface area contributed by atoms with Crippen LogP contribution in [-0.2, 0) is 0 Å². The van der Waals surface area contributed by atoms with Gasteiger partial charge in [-0.05, 0) is 42.8 Å². The third-order valence-electron chi connectivity index (χ3n) is 3.12. The zero-order valence-corrected chi connectivity index (χ0v) is 12.2. The molecule has 0 saturated carbocycles. The number of benzene rings is 2. The molecule has 2 nitrogen and oxygen atoms in total. The summed E-state index contributed by atoms with van der Waals surface area (Å²) >= 11 is 3.52. The summed E-state index contributed by atoms with van der Waals surface area (Å²) in [7, 11) is 0. The van der Waals surface area contributed by atoms with Crippen LogP contribution in [0.1, 0.15) is 24.2 Å². The second kappa shape index (κ2) is 5.53. The van der Waals surface area contributed by atoms with E-state index in [9.17, 15) is 4.79 Å². The van der Waals surface area contributed by atoms with Crippen molar-refractivity contribution in [3.63, 3.8) is 0 Å². The van der Waals surface area contributed by atoms with Crippen LogP contribution in [0.4, 0.5) is 0 Å². The minimum atomic E-state index is 0.0990. The van der Waals surface area contributed by atoms with Crippen molar-refractivity contribution in [1.29, 1.82) is 0 Å². The lowest BCUT2D eigenvalue weighted by molar-refractivity contribution is 0.0773. The molecule has 0 N–H and O–H groups in total. The van der Waals surface area contributed by atoms with Gasteiger partial charge in [0.2, 0.25) is 0 Å². The van der Waals surface area contributed by atoms with E-state index in [2.05, 4.69) is 15.9 Å². The average Bonchev–Trinajstić information content (AvgIpc) is 2.40. The van der Waals surface area contributed by atoms with Crippen molar-refractivity contribution in [3.8, 4) is 0 Å². The number of hydrogen-bond acceptors (Lipinski definition) is 1. The molecule has 0 heterocycles. The molecule has 0 radical (unpaired) electrons. The van der Waals surface area contributed by atoms with Gasteiger partial charge < -0.3 is 4.90 Å². The van der Waals surface area contributed by atoms with Crippen molar-refractivity contribution in [2.24, 2.45) is 0 Å². The molecule has 0 unspecified atom stereocenters. The number of halogens is 1. The molecule has 0 aromatic heterocycles. The lowest BCUT2D eigenvalue weighted by Crippen LogP contribution is -2.30. The van der Waals surface area contributed by atoms with Gasteiger partial charge in [0.25, 0.3) is 5.91 Å².